The number of fused-ring (bicyclic) bond motifs is 5. The number of carbonyl (C=O) groups excluding carboxylic acids is 1. The highest BCUT2D eigenvalue weighted by molar-refractivity contribution is 5.86. The lowest BCUT2D eigenvalue weighted by atomic mass is 9.87. The van der Waals surface area contributed by atoms with Crippen LogP contribution in [0.2, 0.25) is 0 Å². The molecule has 0 bridgehead atoms. The first-order valence-corrected chi connectivity index (χ1v) is 7.87. The van der Waals surface area contributed by atoms with Crippen LogP contribution in [0.25, 0.3) is 21.3 Å². The number of carbonyl (C=O) groups is 1. The molecular weight excluding hydrogens is 294 g/mol. The van der Waals surface area contributed by atoms with Crippen molar-refractivity contribution in [1.29, 1.82) is 0 Å². The van der Waals surface area contributed by atoms with Gasteiger partial charge in [-0.3, -0.25) is 9.63 Å². The van der Waals surface area contributed by atoms with Crippen LogP contribution < -0.4 is 0 Å². The van der Waals surface area contributed by atoms with Crippen LogP contribution in [0.5, 0.6) is 0 Å². The van der Waals surface area contributed by atoms with E-state index >= 15 is 0 Å². The normalized spacial score (nSPS) is 24.3. The zero-order valence-corrected chi connectivity index (χ0v) is 12.6. The predicted molar refractivity (Wildman–Crippen MR) is 84.3 cm³/mol. The van der Waals surface area contributed by atoms with Crippen molar-refractivity contribution >= 4 is 16.8 Å². The number of benzene rings is 1. The Morgan fingerprint density at radius 1 is 1.43 bits per heavy atom. The molecule has 2 aliphatic rings. The molecule has 1 aromatic heterocycles. The minimum absolute atomic E-state index is 0.216. The van der Waals surface area contributed by atoms with E-state index in [1.54, 1.807) is 0 Å². The van der Waals surface area contributed by atoms with Crippen molar-refractivity contribution in [2.75, 3.05) is 13.2 Å². The maximum atomic E-state index is 12.3. The molecule has 2 atom stereocenters. The Bertz CT molecular complexity index is 808. The smallest absolute Gasteiger partial charge is 0.224 e. The first-order valence-electron chi connectivity index (χ1n) is 7.87. The summed E-state index contributed by atoms with van der Waals surface area (Å²) in [7, 11) is 0. The van der Waals surface area contributed by atoms with Crippen molar-refractivity contribution < 1.29 is 9.63 Å². The summed E-state index contributed by atoms with van der Waals surface area (Å²) in [6, 6.07) is 7.94. The van der Waals surface area contributed by atoms with Crippen molar-refractivity contribution in [3.8, 4) is 0 Å². The van der Waals surface area contributed by atoms with Crippen LogP contribution in [-0.2, 0) is 16.1 Å². The van der Waals surface area contributed by atoms with Crippen molar-refractivity contribution in [2.45, 2.75) is 25.3 Å². The van der Waals surface area contributed by atoms with E-state index in [1.165, 1.54) is 10.9 Å². The number of nitrogens with zero attached hydrogens (tertiary/aromatic N) is 4. The number of para-hydroxylation sites is 1. The molecule has 0 unspecified atom stereocenters. The molecule has 0 radical (unpaired) electrons. The third-order valence-electron chi connectivity index (χ3n) is 4.79. The molecule has 118 valence electrons. The number of hydrogen-bond donors (Lipinski definition) is 1. The number of aromatic nitrogens is 1. The van der Waals surface area contributed by atoms with Gasteiger partial charge in [-0.2, -0.15) is 5.06 Å². The number of azide groups is 1. The third kappa shape index (κ3) is 2.30. The Kier molecular flexibility index (Phi) is 3.53. The predicted octanol–water partition coefficient (Wildman–Crippen LogP) is 3.25. The molecule has 1 aromatic carbocycles. The van der Waals surface area contributed by atoms with Crippen LogP contribution in [0.4, 0.5) is 0 Å². The minimum Gasteiger partial charge on any atom is -0.357 e. The molecule has 7 heteroatoms. The fourth-order valence-electron chi connectivity index (χ4n) is 3.81. The molecule has 0 aliphatic carbocycles. The number of hydroxylamine groups is 2. The van der Waals surface area contributed by atoms with Crippen LogP contribution in [0, 0.1) is 5.92 Å². The zero-order chi connectivity index (χ0) is 15.8. The van der Waals surface area contributed by atoms with Crippen molar-refractivity contribution in [3.63, 3.8) is 0 Å². The molecule has 1 fully saturated rings. The van der Waals surface area contributed by atoms with E-state index in [0.717, 1.165) is 30.6 Å². The average molecular weight is 311 g/mol. The molecular formula is C16H17N5O2. The van der Waals surface area contributed by atoms with E-state index in [9.17, 15) is 4.79 Å². The van der Waals surface area contributed by atoms with Crippen molar-refractivity contribution in [1.82, 2.24) is 10.0 Å². The van der Waals surface area contributed by atoms with Crippen LogP contribution in [0.1, 0.15) is 30.1 Å². The standard InChI is InChI=1S/C16H17N5O2/c17-20-19-16(22)12-5-3-9-23-21-8-7-11-10-4-1-2-6-13(10)18-14(11)15(12)21/h1-2,4,6,12,15,18H,3,5,7-9H2/t12-,15+/m1/s1. The lowest BCUT2D eigenvalue weighted by Crippen LogP contribution is -2.39. The first-order chi connectivity index (χ1) is 11.3. The van der Waals surface area contributed by atoms with Gasteiger partial charge in [-0.25, -0.2) is 0 Å². The summed E-state index contributed by atoms with van der Waals surface area (Å²) in [5.74, 6) is -0.778. The second-order valence-corrected chi connectivity index (χ2v) is 6.01. The van der Waals surface area contributed by atoms with Gasteiger partial charge in [-0.1, -0.05) is 18.2 Å². The fraction of sp³-hybridized carbons (Fsp3) is 0.438. The minimum atomic E-state index is -0.403. The zero-order valence-electron chi connectivity index (χ0n) is 12.6. The number of H-pyrrole nitrogens is 1. The Balaban J connectivity index is 1.85. The molecule has 0 saturated carbocycles. The maximum absolute atomic E-state index is 12.3. The second kappa shape index (κ2) is 5.70. The monoisotopic (exact) mass is 311 g/mol. The first kappa shape index (κ1) is 14.3. The van der Waals surface area contributed by atoms with Gasteiger partial charge in [0.25, 0.3) is 0 Å². The van der Waals surface area contributed by atoms with Gasteiger partial charge < -0.3 is 4.98 Å². The number of nitrogens with one attached hydrogen (secondary N) is 1. The number of rotatable bonds is 1. The SMILES string of the molecule is [N-]=[N+]=NC(=O)[C@@H]1CCCON2CCc3c([nH]c4ccccc34)[C@H]12. The summed E-state index contributed by atoms with van der Waals surface area (Å²) in [4.78, 5) is 24.3. The second-order valence-electron chi connectivity index (χ2n) is 6.01. The Morgan fingerprint density at radius 2 is 2.30 bits per heavy atom. The van der Waals surface area contributed by atoms with E-state index in [-0.39, 0.29) is 12.0 Å². The summed E-state index contributed by atoms with van der Waals surface area (Å²) in [5.41, 5.74) is 12.0. The summed E-state index contributed by atoms with van der Waals surface area (Å²) in [6.07, 6.45) is 2.31. The topological polar surface area (TPSA) is 94.1 Å². The van der Waals surface area contributed by atoms with Crippen molar-refractivity contribution in [3.05, 3.63) is 46.0 Å². The molecule has 3 heterocycles. The van der Waals surface area contributed by atoms with E-state index in [0.29, 0.717) is 13.0 Å². The summed E-state index contributed by atoms with van der Waals surface area (Å²) >= 11 is 0. The Labute approximate surface area is 132 Å². The van der Waals surface area contributed by atoms with Gasteiger partial charge in [-0.15, -0.1) is 0 Å². The molecule has 4 rings (SSSR count). The van der Waals surface area contributed by atoms with Crippen LogP contribution in [0.3, 0.4) is 0 Å². The number of hydrogen-bond acceptors (Lipinski definition) is 3. The highest BCUT2D eigenvalue weighted by Crippen LogP contribution is 2.42. The van der Waals surface area contributed by atoms with E-state index in [4.69, 9.17) is 10.4 Å². The molecule has 23 heavy (non-hydrogen) atoms. The van der Waals surface area contributed by atoms with E-state index in [1.807, 2.05) is 23.3 Å². The fourth-order valence-corrected chi connectivity index (χ4v) is 3.81. The third-order valence-corrected chi connectivity index (χ3v) is 4.79. The van der Waals surface area contributed by atoms with Crippen LogP contribution in [-0.4, -0.2) is 29.1 Å². The summed E-state index contributed by atoms with van der Waals surface area (Å²) in [6.45, 7) is 1.33. The van der Waals surface area contributed by atoms with E-state index in [2.05, 4.69) is 21.1 Å². The Hall–Kier alpha value is -2.34. The molecule has 1 saturated heterocycles. The van der Waals surface area contributed by atoms with Gasteiger partial charge in [0.15, 0.2) is 0 Å². The van der Waals surface area contributed by atoms with Gasteiger partial charge in [0.2, 0.25) is 5.91 Å². The van der Waals surface area contributed by atoms with Gasteiger partial charge in [0.05, 0.1) is 12.6 Å². The maximum Gasteiger partial charge on any atom is 0.224 e. The van der Waals surface area contributed by atoms with E-state index < -0.39 is 5.91 Å². The Morgan fingerprint density at radius 3 is 3.17 bits per heavy atom. The molecule has 1 amide bonds. The highest BCUT2D eigenvalue weighted by Gasteiger charge is 2.41. The van der Waals surface area contributed by atoms with Gasteiger partial charge in [0, 0.05) is 34.0 Å². The quantitative estimate of drug-likeness (QED) is 0.497. The highest BCUT2D eigenvalue weighted by atomic mass is 16.7. The molecule has 2 aliphatic heterocycles. The number of aromatic amines is 1. The molecule has 0 spiro atoms. The van der Waals surface area contributed by atoms with Gasteiger partial charge >= 0.3 is 0 Å². The molecule has 1 N–H and O–H groups in total. The lowest BCUT2D eigenvalue weighted by molar-refractivity contribution is -0.193. The van der Waals surface area contributed by atoms with Gasteiger partial charge in [0.1, 0.15) is 0 Å². The van der Waals surface area contributed by atoms with Gasteiger partial charge in [-0.05, 0) is 41.5 Å². The number of amides is 1. The lowest BCUT2D eigenvalue weighted by Gasteiger charge is -2.36. The van der Waals surface area contributed by atoms with Crippen LogP contribution >= 0.6 is 0 Å². The largest absolute Gasteiger partial charge is 0.357 e. The van der Waals surface area contributed by atoms with Crippen molar-refractivity contribution in [2.24, 2.45) is 11.0 Å². The summed E-state index contributed by atoms with van der Waals surface area (Å²) < 4.78 is 0. The van der Waals surface area contributed by atoms with Crippen LogP contribution in [0.15, 0.2) is 29.4 Å². The molecule has 2 aromatic rings. The molecule has 7 nitrogen and oxygen atoms in total. The summed E-state index contributed by atoms with van der Waals surface area (Å²) in [5, 5.41) is 6.44. The average Bonchev–Trinajstić information content (AvgIpc) is 2.80.